The zero-order valence-corrected chi connectivity index (χ0v) is 9.95. The van der Waals surface area contributed by atoms with Crippen molar-refractivity contribution in [2.45, 2.75) is 0 Å². The molecule has 0 spiro atoms. The van der Waals surface area contributed by atoms with Crippen LogP contribution in [0.15, 0.2) is 22.1 Å². The topological polar surface area (TPSA) is 50.2 Å². The summed E-state index contributed by atoms with van der Waals surface area (Å²) in [5, 5.41) is 8.72. The number of carboxylic acids is 1. The maximum Gasteiger partial charge on any atom is 0.335 e. The number of carboxylic acid groups (broad SMARTS) is 1. The fourth-order valence-corrected chi connectivity index (χ4v) is 2.47. The molecule has 0 aliphatic rings. The van der Waals surface area contributed by atoms with Crippen molar-refractivity contribution in [1.29, 1.82) is 0 Å². The van der Waals surface area contributed by atoms with E-state index in [4.69, 9.17) is 5.11 Å². The van der Waals surface area contributed by atoms with Crippen LogP contribution in [0.25, 0.3) is 10.2 Å². The monoisotopic (exact) mass is 293 g/mol. The second-order valence-corrected chi connectivity index (χ2v) is 4.76. The molecule has 2 rings (SSSR count). The van der Waals surface area contributed by atoms with Gasteiger partial charge in [-0.3, -0.25) is 0 Å². The van der Waals surface area contributed by atoms with Gasteiger partial charge < -0.3 is 5.11 Å². The number of benzene rings is 1. The number of hydrogen-bond acceptors (Lipinski definition) is 3. The predicted molar refractivity (Wildman–Crippen MR) is 61.5 cm³/mol. The van der Waals surface area contributed by atoms with Gasteiger partial charge >= 0.3 is 5.97 Å². The molecule has 1 heterocycles. The molecule has 2 aromatic rings. The molecule has 1 aromatic heterocycles. The van der Waals surface area contributed by atoms with Gasteiger partial charge in [0, 0.05) is 0 Å². The second-order valence-electron chi connectivity index (χ2n) is 2.45. The van der Waals surface area contributed by atoms with Crippen molar-refractivity contribution in [2.75, 3.05) is 0 Å². The van der Waals surface area contributed by atoms with Crippen LogP contribution in [0.5, 0.6) is 0 Å². The molecule has 0 atom stereocenters. The number of halogens is 2. The summed E-state index contributed by atoms with van der Waals surface area (Å²) in [7, 11) is 0. The normalized spacial score (nSPS) is 9.79. The summed E-state index contributed by atoms with van der Waals surface area (Å²) in [6.45, 7) is 0. The summed E-state index contributed by atoms with van der Waals surface area (Å²) in [5.41, 5.74) is 1.12. The molecule has 74 valence electrons. The van der Waals surface area contributed by atoms with Crippen LogP contribution in [0.1, 0.15) is 10.4 Å². The van der Waals surface area contributed by atoms with E-state index in [0.29, 0.717) is 5.56 Å². The maximum atomic E-state index is 10.6. The van der Waals surface area contributed by atoms with E-state index in [9.17, 15) is 4.79 Å². The van der Waals surface area contributed by atoms with E-state index in [0.717, 1.165) is 14.1 Å². The number of aromatic carboxylic acids is 1. The molecule has 0 radical (unpaired) electrons. The van der Waals surface area contributed by atoms with Gasteiger partial charge in [0.25, 0.3) is 0 Å². The molecular formula is C8H5BrClNO2S. The van der Waals surface area contributed by atoms with E-state index in [2.05, 4.69) is 20.9 Å². The lowest BCUT2D eigenvalue weighted by Crippen LogP contribution is -1.94. The third-order valence-corrected chi connectivity index (χ3v) is 3.08. The minimum atomic E-state index is -0.911. The van der Waals surface area contributed by atoms with Crippen LogP contribution in [0.4, 0.5) is 0 Å². The molecule has 14 heavy (non-hydrogen) atoms. The van der Waals surface area contributed by atoms with Gasteiger partial charge in [-0.25, -0.2) is 9.78 Å². The van der Waals surface area contributed by atoms with Crippen molar-refractivity contribution in [1.82, 2.24) is 4.98 Å². The highest BCUT2D eigenvalue weighted by Crippen LogP contribution is 2.26. The van der Waals surface area contributed by atoms with Crippen LogP contribution in [-0.2, 0) is 0 Å². The van der Waals surface area contributed by atoms with E-state index >= 15 is 0 Å². The van der Waals surface area contributed by atoms with Crippen LogP contribution >= 0.6 is 39.7 Å². The Balaban J connectivity index is 0.000000980. The Bertz CT molecular complexity index is 485. The molecule has 0 aliphatic carbocycles. The van der Waals surface area contributed by atoms with Crippen LogP contribution in [0.2, 0.25) is 0 Å². The quantitative estimate of drug-likeness (QED) is 0.879. The Morgan fingerprint density at radius 3 is 2.86 bits per heavy atom. The number of rotatable bonds is 1. The smallest absolute Gasteiger partial charge is 0.335 e. The highest BCUT2D eigenvalue weighted by atomic mass is 79.9. The van der Waals surface area contributed by atoms with Gasteiger partial charge in [0.15, 0.2) is 3.92 Å². The third-order valence-electron chi connectivity index (χ3n) is 1.61. The average Bonchev–Trinajstić information content (AvgIpc) is 2.42. The van der Waals surface area contributed by atoms with E-state index in [1.165, 1.54) is 11.3 Å². The van der Waals surface area contributed by atoms with E-state index in [1.807, 2.05) is 0 Å². The number of fused-ring (bicyclic) bond motifs is 1. The highest BCUT2D eigenvalue weighted by Gasteiger charge is 2.06. The van der Waals surface area contributed by atoms with Gasteiger partial charge in [-0.1, -0.05) is 0 Å². The molecule has 1 N–H and O–H groups in total. The Kier molecular flexibility index (Phi) is 3.47. The van der Waals surface area contributed by atoms with Gasteiger partial charge in [0.05, 0.1) is 15.8 Å². The molecule has 3 nitrogen and oxygen atoms in total. The lowest BCUT2D eigenvalue weighted by molar-refractivity contribution is 0.0697. The summed E-state index contributed by atoms with van der Waals surface area (Å²) >= 11 is 4.67. The second kappa shape index (κ2) is 4.25. The molecule has 1 aromatic carbocycles. The lowest BCUT2D eigenvalue weighted by atomic mass is 10.2. The van der Waals surface area contributed by atoms with Crippen molar-refractivity contribution in [3.05, 3.63) is 27.7 Å². The number of aromatic nitrogens is 1. The SMILES string of the molecule is Cl.O=C(O)c1ccc2nc(Br)sc2c1. The van der Waals surface area contributed by atoms with E-state index < -0.39 is 5.97 Å². The summed E-state index contributed by atoms with van der Waals surface area (Å²) < 4.78 is 1.65. The highest BCUT2D eigenvalue weighted by molar-refractivity contribution is 9.11. The van der Waals surface area contributed by atoms with E-state index in [-0.39, 0.29) is 12.4 Å². The van der Waals surface area contributed by atoms with Crippen molar-refractivity contribution in [2.24, 2.45) is 0 Å². The molecule has 0 fully saturated rings. The van der Waals surface area contributed by atoms with Gasteiger partial charge in [0.1, 0.15) is 0 Å². The van der Waals surface area contributed by atoms with Crippen LogP contribution in [0, 0.1) is 0 Å². The molecule has 0 unspecified atom stereocenters. The lowest BCUT2D eigenvalue weighted by Gasteiger charge is -1.91. The Morgan fingerprint density at radius 2 is 2.21 bits per heavy atom. The average molecular weight is 295 g/mol. The number of hydrogen-bond donors (Lipinski definition) is 1. The molecule has 0 amide bonds. The minimum Gasteiger partial charge on any atom is -0.478 e. The summed E-state index contributed by atoms with van der Waals surface area (Å²) in [6, 6.07) is 4.89. The number of nitrogens with zero attached hydrogens (tertiary/aromatic N) is 1. The minimum absolute atomic E-state index is 0. The first-order chi connectivity index (χ1) is 6.16. The first-order valence-corrected chi connectivity index (χ1v) is 5.07. The largest absolute Gasteiger partial charge is 0.478 e. The molecule has 6 heteroatoms. The van der Waals surface area contributed by atoms with Crippen molar-refractivity contribution < 1.29 is 9.90 Å². The zero-order valence-electron chi connectivity index (χ0n) is 6.73. The molecule has 0 aliphatic heterocycles. The standard InChI is InChI=1S/C8H4BrNO2S.ClH/c9-8-10-5-2-1-4(7(11)12)3-6(5)13-8;/h1-3H,(H,11,12);1H. The third kappa shape index (κ3) is 2.05. The Labute approximate surface area is 98.3 Å². The van der Waals surface area contributed by atoms with Gasteiger partial charge in [0.2, 0.25) is 0 Å². The zero-order chi connectivity index (χ0) is 9.42. The molecule has 0 bridgehead atoms. The summed E-state index contributed by atoms with van der Waals surface area (Å²) in [6.07, 6.45) is 0. The van der Waals surface area contributed by atoms with Crippen molar-refractivity contribution in [3.63, 3.8) is 0 Å². The molecule has 0 saturated carbocycles. The first kappa shape index (κ1) is 11.4. The Hall–Kier alpha value is -0.650. The van der Waals surface area contributed by atoms with E-state index in [1.54, 1.807) is 18.2 Å². The summed E-state index contributed by atoms with van der Waals surface area (Å²) in [4.78, 5) is 14.8. The van der Waals surface area contributed by atoms with Crippen LogP contribution < -0.4 is 0 Å². The predicted octanol–water partition coefficient (Wildman–Crippen LogP) is 3.18. The fraction of sp³-hybridized carbons (Fsp3) is 0. The van der Waals surface area contributed by atoms with Gasteiger partial charge in [-0.15, -0.1) is 23.7 Å². The molecular weight excluding hydrogens is 290 g/mol. The maximum absolute atomic E-state index is 10.6. The van der Waals surface area contributed by atoms with Gasteiger partial charge in [-0.2, -0.15) is 0 Å². The number of thiazole rings is 1. The van der Waals surface area contributed by atoms with Crippen LogP contribution in [0.3, 0.4) is 0 Å². The van der Waals surface area contributed by atoms with Gasteiger partial charge in [-0.05, 0) is 34.1 Å². The van der Waals surface area contributed by atoms with Crippen molar-refractivity contribution in [3.8, 4) is 0 Å². The molecule has 0 saturated heterocycles. The first-order valence-electron chi connectivity index (χ1n) is 3.46. The van der Waals surface area contributed by atoms with Crippen LogP contribution in [-0.4, -0.2) is 16.1 Å². The Morgan fingerprint density at radius 1 is 1.50 bits per heavy atom. The summed E-state index contributed by atoms with van der Waals surface area (Å²) in [5.74, 6) is -0.911. The van der Waals surface area contributed by atoms with Crippen molar-refractivity contribution >= 4 is 55.9 Å². The number of carbonyl (C=O) groups is 1. The fourth-order valence-electron chi connectivity index (χ4n) is 1.03.